The molecule has 0 radical (unpaired) electrons. The van der Waals surface area contributed by atoms with Crippen LogP contribution >= 0.6 is 20.1 Å². The first-order chi connectivity index (χ1) is 12.3. The number of halogens is 3. The van der Waals surface area contributed by atoms with Crippen LogP contribution < -0.4 is 10.3 Å². The quantitative estimate of drug-likeness (QED) is 0.453. The molecule has 6 nitrogen and oxygen atoms in total. The van der Waals surface area contributed by atoms with Gasteiger partial charge in [0.05, 0.1) is 0 Å². The van der Waals surface area contributed by atoms with Crippen molar-refractivity contribution in [1.29, 1.82) is 0 Å². The van der Waals surface area contributed by atoms with Crippen molar-refractivity contribution in [3.63, 3.8) is 0 Å². The number of nitrogens with zero attached hydrogens (tertiary/aromatic N) is 3. The Labute approximate surface area is 156 Å². The van der Waals surface area contributed by atoms with Crippen molar-refractivity contribution in [1.82, 2.24) is 18.0 Å². The number of alkyl halides is 3. The summed E-state index contributed by atoms with van der Waals surface area (Å²) in [6.45, 7) is 0.753. The molecule has 2 heterocycles. The van der Waals surface area contributed by atoms with Crippen molar-refractivity contribution >= 4 is 20.1 Å². The predicted molar refractivity (Wildman–Crippen MR) is 103 cm³/mol. The fourth-order valence-corrected chi connectivity index (χ4v) is 6.33. The van der Waals surface area contributed by atoms with Crippen LogP contribution in [0.4, 0.5) is 8.78 Å². The number of aromatic nitrogens is 4. The molecule has 26 heavy (non-hydrogen) atoms. The molecule has 3 aromatic rings. The molecule has 0 amide bonds. The Morgan fingerprint density at radius 1 is 1.27 bits per heavy atom. The summed E-state index contributed by atoms with van der Waals surface area (Å²) in [5.41, 5.74) is 2.01. The Hall–Kier alpha value is -2.30. The van der Waals surface area contributed by atoms with E-state index in [0.717, 1.165) is 14.7 Å². The van der Waals surface area contributed by atoms with Crippen molar-refractivity contribution in [3.8, 4) is 17.0 Å². The number of hydrogen-bond acceptors (Lipinski definition) is 4. The van der Waals surface area contributed by atoms with E-state index in [9.17, 15) is 13.6 Å². The molecule has 0 atom stereocenters. The maximum absolute atomic E-state index is 12.3. The molecule has 0 aliphatic carbocycles. The first kappa shape index (κ1) is 18.5. The van der Waals surface area contributed by atoms with Gasteiger partial charge in [0.25, 0.3) is 0 Å². The van der Waals surface area contributed by atoms with Gasteiger partial charge in [-0.25, -0.2) is 0 Å². The average molecular weight is 474 g/mol. The second-order valence-electron chi connectivity index (χ2n) is 5.57. The van der Waals surface area contributed by atoms with Crippen LogP contribution in [0.3, 0.4) is 0 Å². The zero-order chi connectivity index (χ0) is 18.8. The molecule has 0 spiro atoms. The van der Waals surface area contributed by atoms with Gasteiger partial charge in [0.1, 0.15) is 0 Å². The molecule has 9 heteroatoms. The van der Waals surface area contributed by atoms with Crippen molar-refractivity contribution in [2.75, 3.05) is 4.93 Å². The summed E-state index contributed by atoms with van der Waals surface area (Å²) in [7, 11) is 0. The second-order valence-corrected chi connectivity index (χ2v) is 10.2. The van der Waals surface area contributed by atoms with E-state index in [1.807, 2.05) is 22.1 Å². The van der Waals surface area contributed by atoms with Crippen LogP contribution in [0.15, 0.2) is 41.5 Å². The number of aryl methyl sites for hydroxylation is 2. The number of H-pyrrole nitrogens is 1. The molecule has 0 saturated heterocycles. The van der Waals surface area contributed by atoms with Gasteiger partial charge in [0, 0.05) is 0 Å². The summed E-state index contributed by atoms with van der Waals surface area (Å²) in [5, 5.41) is 4.42. The second kappa shape index (κ2) is 7.52. The van der Waals surface area contributed by atoms with Crippen molar-refractivity contribution in [3.05, 3.63) is 62.0 Å². The predicted octanol–water partition coefficient (Wildman–Crippen LogP) is 3.62. The van der Waals surface area contributed by atoms with Gasteiger partial charge in [-0.05, 0) is 0 Å². The first-order valence-electron chi connectivity index (χ1n) is 7.62. The van der Waals surface area contributed by atoms with E-state index >= 15 is 0 Å². The van der Waals surface area contributed by atoms with E-state index in [4.69, 9.17) is 0 Å². The molecule has 0 saturated carbocycles. The molecule has 0 aliphatic heterocycles. The van der Waals surface area contributed by atoms with Gasteiger partial charge in [0.2, 0.25) is 0 Å². The average Bonchev–Trinajstić information content (AvgIpc) is 3.03. The van der Waals surface area contributed by atoms with Gasteiger partial charge >= 0.3 is 156 Å². The summed E-state index contributed by atoms with van der Waals surface area (Å²) in [5.74, 6) is 0.687. The van der Waals surface area contributed by atoms with E-state index in [2.05, 4.69) is 24.7 Å². The van der Waals surface area contributed by atoms with Crippen LogP contribution in [0.2, 0.25) is 0 Å². The molecule has 1 aromatic carbocycles. The Balaban J connectivity index is 1.88. The summed E-state index contributed by atoms with van der Waals surface area (Å²) in [4.78, 5) is 20.7. The molecule has 0 aliphatic rings. The number of benzene rings is 1. The Morgan fingerprint density at radius 2 is 2.04 bits per heavy atom. The topological polar surface area (TPSA) is 72.8 Å². The number of ether oxygens (including phenoxy) is 1. The van der Waals surface area contributed by atoms with Crippen LogP contribution in [0.25, 0.3) is 11.3 Å². The normalized spacial score (nSPS) is 11.7. The molecule has 3 rings (SSSR count). The zero-order valence-electron chi connectivity index (χ0n) is 14.3. The fourth-order valence-electron chi connectivity index (χ4n) is 2.49. The van der Waals surface area contributed by atoms with Crippen LogP contribution in [-0.4, -0.2) is 29.5 Å². The van der Waals surface area contributed by atoms with Gasteiger partial charge in [0.15, 0.2) is 0 Å². The summed E-state index contributed by atoms with van der Waals surface area (Å²) >= 11 is -1.89. The van der Waals surface area contributed by atoms with E-state index in [0.29, 0.717) is 11.5 Å². The van der Waals surface area contributed by atoms with Gasteiger partial charge in [-0.1, -0.05) is 0 Å². The summed E-state index contributed by atoms with van der Waals surface area (Å²) < 4.78 is 32.1. The third-order valence-corrected chi connectivity index (χ3v) is 8.52. The number of aromatic amines is 1. The Kier molecular flexibility index (Phi) is 5.35. The molecule has 0 bridgehead atoms. The van der Waals surface area contributed by atoms with Gasteiger partial charge < -0.3 is 0 Å². The van der Waals surface area contributed by atoms with Crippen LogP contribution in [0.1, 0.15) is 11.4 Å². The third-order valence-electron chi connectivity index (χ3n) is 3.62. The maximum atomic E-state index is 12.3. The minimum atomic E-state index is -2.84. The number of nitrogens with one attached hydrogen (secondary N) is 1. The fraction of sp³-hybridized carbons (Fsp3) is 0.235. The van der Waals surface area contributed by atoms with E-state index < -0.39 is 26.7 Å². The van der Waals surface area contributed by atoms with Crippen LogP contribution in [0.5, 0.6) is 5.75 Å². The number of hydrogen-bond donors (Lipinski definition) is 1. The summed E-state index contributed by atoms with van der Waals surface area (Å²) in [6.07, 6.45) is 3.55. The minimum absolute atomic E-state index is 0.148. The standard InChI is InChI=1S/C17H17F2IN4O2/c1-10-6-13(26-17(18)19)4-5-14(10)20(3)24-9-12(8-21-24)15-7-16(25)23-11(2)22-15/h4-9,17H,1-3H3,(H,22,23,25). The third kappa shape index (κ3) is 4.09. The van der Waals surface area contributed by atoms with Gasteiger partial charge in [-0.15, -0.1) is 0 Å². The number of rotatable bonds is 5. The summed E-state index contributed by atoms with van der Waals surface area (Å²) in [6, 6.07) is 6.41. The molecule has 0 unspecified atom stereocenters. The zero-order valence-corrected chi connectivity index (χ0v) is 16.5. The Bertz CT molecular complexity index is 987. The van der Waals surface area contributed by atoms with Gasteiger partial charge in [-0.2, -0.15) is 0 Å². The molecule has 1 N–H and O–H groups in total. The molecule has 2 aromatic heterocycles. The van der Waals surface area contributed by atoms with E-state index in [-0.39, 0.29) is 11.3 Å². The van der Waals surface area contributed by atoms with E-state index in [1.54, 1.807) is 25.3 Å². The Morgan fingerprint density at radius 3 is 2.69 bits per heavy atom. The van der Waals surface area contributed by atoms with Crippen molar-refractivity contribution in [2.24, 2.45) is 0 Å². The van der Waals surface area contributed by atoms with E-state index in [1.165, 1.54) is 6.07 Å². The monoisotopic (exact) mass is 474 g/mol. The van der Waals surface area contributed by atoms with Crippen molar-refractivity contribution in [2.45, 2.75) is 20.5 Å². The van der Waals surface area contributed by atoms with Gasteiger partial charge in [-0.3, -0.25) is 0 Å². The molecular weight excluding hydrogens is 457 g/mol. The van der Waals surface area contributed by atoms with Crippen molar-refractivity contribution < 1.29 is 13.5 Å². The SMILES string of the molecule is Cc1nc(-c2cnn(I(C)c3ccc(OC(F)F)cc3C)c2)cc(=O)[nH]1. The molecule has 138 valence electrons. The molecule has 0 fully saturated rings. The molecular formula is C17H17F2IN4O2. The first-order valence-corrected chi connectivity index (χ1v) is 11.8. The van der Waals surface area contributed by atoms with Crippen LogP contribution in [-0.2, 0) is 0 Å². The van der Waals surface area contributed by atoms with Crippen LogP contribution in [0, 0.1) is 17.4 Å².